The number of carbonyl (C=O) groups excluding carboxylic acids is 2. The van der Waals surface area contributed by atoms with Gasteiger partial charge in [0.15, 0.2) is 6.73 Å². The number of nitrogens with two attached hydrogens (primary N) is 1. The molecule has 2 aromatic rings. The molecule has 0 fully saturated rings. The number of hydrogen-bond acceptors (Lipinski definition) is 6. The van der Waals surface area contributed by atoms with Gasteiger partial charge in [0.25, 0.3) is 5.78 Å². The van der Waals surface area contributed by atoms with E-state index in [1.165, 1.54) is 0 Å². The van der Waals surface area contributed by atoms with Crippen LogP contribution in [-0.2, 0) is 31.6 Å². The van der Waals surface area contributed by atoms with Crippen molar-refractivity contribution >= 4 is 20.0 Å². The Kier molecular flexibility index (Phi) is 10.1. The van der Waals surface area contributed by atoms with Gasteiger partial charge in [0.2, 0.25) is 5.91 Å². The highest BCUT2D eigenvalue weighted by Gasteiger charge is 2.35. The van der Waals surface area contributed by atoms with Gasteiger partial charge in [-0.2, -0.15) is 0 Å². The molecular formula is C22H29N3O5P+. The zero-order valence-corrected chi connectivity index (χ0v) is 18.6. The third-order valence-electron chi connectivity index (χ3n) is 4.49. The Hall–Kier alpha value is -2.80. The highest BCUT2D eigenvalue weighted by atomic mass is 31.1. The van der Waals surface area contributed by atoms with Crippen molar-refractivity contribution in [2.45, 2.75) is 38.7 Å². The Morgan fingerprint density at radius 1 is 1.00 bits per heavy atom. The molecule has 166 valence electrons. The van der Waals surface area contributed by atoms with Crippen molar-refractivity contribution in [1.82, 2.24) is 10.6 Å². The van der Waals surface area contributed by atoms with Crippen molar-refractivity contribution in [3.63, 3.8) is 0 Å². The van der Waals surface area contributed by atoms with Crippen molar-refractivity contribution in [3.05, 3.63) is 71.8 Å². The van der Waals surface area contributed by atoms with Crippen LogP contribution >= 0.6 is 8.03 Å². The van der Waals surface area contributed by atoms with Crippen molar-refractivity contribution in [2.75, 3.05) is 6.73 Å². The van der Waals surface area contributed by atoms with E-state index in [-0.39, 0.29) is 19.3 Å². The van der Waals surface area contributed by atoms with Crippen molar-refractivity contribution in [2.24, 2.45) is 11.7 Å². The molecule has 2 amide bonds. The summed E-state index contributed by atoms with van der Waals surface area (Å²) in [4.78, 5) is 23.8. The van der Waals surface area contributed by atoms with Gasteiger partial charge in [0, 0.05) is 6.42 Å². The van der Waals surface area contributed by atoms with Crippen LogP contribution in [0.3, 0.4) is 0 Å². The minimum atomic E-state index is -2.31. The monoisotopic (exact) mass is 446 g/mol. The Labute approximate surface area is 183 Å². The minimum Gasteiger partial charge on any atom is -0.445 e. The van der Waals surface area contributed by atoms with E-state index in [1.807, 2.05) is 74.5 Å². The van der Waals surface area contributed by atoms with Crippen LogP contribution in [0.5, 0.6) is 0 Å². The van der Waals surface area contributed by atoms with Gasteiger partial charge in [-0.05, 0) is 21.6 Å². The average molecular weight is 446 g/mol. The molecule has 2 rings (SSSR count). The third kappa shape index (κ3) is 8.84. The van der Waals surface area contributed by atoms with E-state index in [0.29, 0.717) is 6.42 Å². The second-order valence-electron chi connectivity index (χ2n) is 7.30. The van der Waals surface area contributed by atoms with Gasteiger partial charge in [-0.15, -0.1) is 4.52 Å². The number of nitrogens with one attached hydrogen (secondary N) is 2. The summed E-state index contributed by atoms with van der Waals surface area (Å²) in [5, 5.41) is 5.47. The van der Waals surface area contributed by atoms with Crippen molar-refractivity contribution in [1.29, 1.82) is 0 Å². The topological polar surface area (TPSA) is 120 Å². The van der Waals surface area contributed by atoms with Crippen molar-refractivity contribution < 1.29 is 23.4 Å². The minimum absolute atomic E-state index is 0.0508. The predicted octanol–water partition coefficient (Wildman–Crippen LogP) is 3.30. The van der Waals surface area contributed by atoms with Crippen LogP contribution in [0, 0.1) is 5.92 Å². The van der Waals surface area contributed by atoms with Crippen LogP contribution in [0.15, 0.2) is 60.7 Å². The average Bonchev–Trinajstić information content (AvgIpc) is 2.75. The molecule has 3 atom stereocenters. The molecule has 0 aliphatic carbocycles. The fourth-order valence-corrected chi connectivity index (χ4v) is 3.81. The lowest BCUT2D eigenvalue weighted by Gasteiger charge is -2.17. The molecule has 0 heterocycles. The van der Waals surface area contributed by atoms with Crippen LogP contribution in [0.2, 0.25) is 0 Å². The van der Waals surface area contributed by atoms with Gasteiger partial charge in [-0.1, -0.05) is 74.5 Å². The SMILES string of the molecule is CC(C)C(NCO[P+](=O)C(Cc1ccccc1)NC(=O)OCc1ccccc1)C(N)=O. The Balaban J connectivity index is 1.95. The Morgan fingerprint density at radius 3 is 2.13 bits per heavy atom. The first-order valence-electron chi connectivity index (χ1n) is 10.00. The van der Waals surface area contributed by atoms with E-state index in [0.717, 1.165) is 11.1 Å². The molecule has 0 saturated carbocycles. The molecule has 4 N–H and O–H groups in total. The van der Waals surface area contributed by atoms with Gasteiger partial charge in [-0.25, -0.2) is 4.79 Å². The summed E-state index contributed by atoms with van der Waals surface area (Å²) in [5.74, 6) is -1.38. The fourth-order valence-electron chi connectivity index (χ4n) is 2.86. The van der Waals surface area contributed by atoms with Gasteiger partial charge >= 0.3 is 14.1 Å². The highest BCUT2D eigenvalue weighted by molar-refractivity contribution is 7.40. The maximum absolute atomic E-state index is 12.8. The van der Waals surface area contributed by atoms with E-state index in [2.05, 4.69) is 10.6 Å². The number of benzene rings is 2. The van der Waals surface area contributed by atoms with Gasteiger partial charge in [0.1, 0.15) is 6.61 Å². The van der Waals surface area contributed by atoms with Crippen LogP contribution in [-0.4, -0.2) is 30.6 Å². The molecule has 31 heavy (non-hydrogen) atoms. The first kappa shape index (κ1) is 24.5. The molecule has 0 saturated heterocycles. The number of alkyl carbamates (subject to hydrolysis) is 1. The standard InChI is InChI=1S/C22H28N3O5P/c1-16(2)20(21(23)26)24-15-30-31(28)19(13-17-9-5-3-6-10-17)25-22(27)29-14-18-11-7-4-8-12-18/h3-12,16,19-20,24H,13-15H2,1-2H3,(H2-,23,25,26,27)/p+1. The lowest BCUT2D eigenvalue weighted by atomic mass is 10.0. The summed E-state index contributed by atoms with van der Waals surface area (Å²) in [6, 6.07) is 18.0. The lowest BCUT2D eigenvalue weighted by molar-refractivity contribution is -0.121. The van der Waals surface area contributed by atoms with Crippen LogP contribution in [0.4, 0.5) is 4.79 Å². The zero-order chi connectivity index (χ0) is 22.6. The molecule has 0 radical (unpaired) electrons. The molecule has 0 aliphatic heterocycles. The number of amides is 2. The van der Waals surface area contributed by atoms with Gasteiger partial charge < -0.3 is 10.5 Å². The summed E-state index contributed by atoms with van der Waals surface area (Å²) in [5.41, 5.74) is 7.08. The Morgan fingerprint density at radius 2 is 1.58 bits per heavy atom. The molecule has 0 aliphatic rings. The molecular weight excluding hydrogens is 417 g/mol. The summed E-state index contributed by atoms with van der Waals surface area (Å²) in [7, 11) is -2.31. The third-order valence-corrected chi connectivity index (χ3v) is 5.70. The van der Waals surface area contributed by atoms with Gasteiger partial charge in [0.05, 0.1) is 6.04 Å². The Bertz CT molecular complexity index is 849. The number of carbonyl (C=O) groups is 2. The van der Waals surface area contributed by atoms with Crippen LogP contribution in [0.1, 0.15) is 25.0 Å². The number of primary amides is 1. The highest BCUT2D eigenvalue weighted by Crippen LogP contribution is 2.30. The zero-order valence-electron chi connectivity index (χ0n) is 17.7. The van der Waals surface area contributed by atoms with E-state index < -0.39 is 31.9 Å². The summed E-state index contributed by atoms with van der Waals surface area (Å²) < 4.78 is 23.4. The molecule has 0 aromatic heterocycles. The van der Waals surface area contributed by atoms with Gasteiger partial charge in [-0.3, -0.25) is 15.4 Å². The summed E-state index contributed by atoms with van der Waals surface area (Å²) >= 11 is 0. The van der Waals surface area contributed by atoms with E-state index in [4.69, 9.17) is 15.0 Å². The molecule has 0 spiro atoms. The lowest BCUT2D eigenvalue weighted by Crippen LogP contribution is -2.45. The summed E-state index contributed by atoms with van der Waals surface area (Å²) in [6.45, 7) is 3.63. The van der Waals surface area contributed by atoms with Crippen molar-refractivity contribution in [3.8, 4) is 0 Å². The number of hydrogen-bond donors (Lipinski definition) is 3. The molecule has 8 nitrogen and oxygen atoms in total. The first-order chi connectivity index (χ1) is 14.9. The largest absolute Gasteiger partial charge is 0.535 e. The second kappa shape index (κ2) is 12.8. The van der Waals surface area contributed by atoms with E-state index in [9.17, 15) is 14.2 Å². The van der Waals surface area contributed by atoms with E-state index >= 15 is 0 Å². The number of ether oxygens (including phenoxy) is 1. The first-order valence-corrected chi connectivity index (χ1v) is 11.2. The second-order valence-corrected chi connectivity index (χ2v) is 8.75. The predicted molar refractivity (Wildman–Crippen MR) is 118 cm³/mol. The van der Waals surface area contributed by atoms with Crippen LogP contribution < -0.4 is 16.4 Å². The molecule has 9 heteroatoms. The maximum Gasteiger partial charge on any atom is 0.535 e. The summed E-state index contributed by atoms with van der Waals surface area (Å²) in [6.07, 6.45) is -0.401. The molecule has 0 bridgehead atoms. The quantitative estimate of drug-likeness (QED) is 0.340. The van der Waals surface area contributed by atoms with Crippen LogP contribution in [0.25, 0.3) is 0 Å². The van der Waals surface area contributed by atoms with E-state index in [1.54, 1.807) is 0 Å². The molecule has 2 aromatic carbocycles. The smallest absolute Gasteiger partial charge is 0.445 e. The maximum atomic E-state index is 12.8. The normalized spacial score (nSPS) is 13.3. The fraction of sp³-hybridized carbons (Fsp3) is 0.364. The molecule has 3 unspecified atom stereocenters. The number of rotatable bonds is 12.